The second-order valence-corrected chi connectivity index (χ2v) is 7.57. The Balaban J connectivity index is 1.25. The number of benzene rings is 1. The smallest absolute Gasteiger partial charge is 0.251 e. The number of nitrogens with zero attached hydrogens (tertiary/aromatic N) is 2. The van der Waals surface area contributed by atoms with Gasteiger partial charge in [0.15, 0.2) is 0 Å². The third kappa shape index (κ3) is 5.17. The van der Waals surface area contributed by atoms with Gasteiger partial charge in [-0.15, -0.1) is 0 Å². The van der Waals surface area contributed by atoms with Gasteiger partial charge >= 0.3 is 0 Å². The zero-order valence-electron chi connectivity index (χ0n) is 16.8. The second-order valence-electron chi connectivity index (χ2n) is 7.57. The minimum Gasteiger partial charge on any atom is -0.487 e. The van der Waals surface area contributed by atoms with Crippen molar-refractivity contribution in [2.45, 2.75) is 44.8 Å². The van der Waals surface area contributed by atoms with Gasteiger partial charge in [0.05, 0.1) is 5.69 Å². The first-order chi connectivity index (χ1) is 14.7. The summed E-state index contributed by atoms with van der Waals surface area (Å²) in [6, 6.07) is 13.1. The maximum absolute atomic E-state index is 12.4. The minimum atomic E-state index is -0.221. The van der Waals surface area contributed by atoms with Gasteiger partial charge in [-0.2, -0.15) is 0 Å². The van der Waals surface area contributed by atoms with Crippen LogP contribution in [0.25, 0.3) is 5.65 Å². The summed E-state index contributed by atoms with van der Waals surface area (Å²) in [5.74, 6) is 0.368. The van der Waals surface area contributed by atoms with E-state index in [1.54, 1.807) is 18.2 Å². The highest BCUT2D eigenvalue weighted by atomic mass is 16.5. The first-order valence-corrected chi connectivity index (χ1v) is 10.4. The topological polar surface area (TPSA) is 84.7 Å². The van der Waals surface area contributed by atoms with Crippen molar-refractivity contribution in [1.29, 1.82) is 0 Å². The van der Waals surface area contributed by atoms with E-state index in [9.17, 15) is 9.59 Å². The molecule has 0 unspecified atom stereocenters. The van der Waals surface area contributed by atoms with Gasteiger partial charge in [0.2, 0.25) is 5.91 Å². The lowest BCUT2D eigenvalue weighted by molar-refractivity contribution is -0.121. The van der Waals surface area contributed by atoms with Crippen molar-refractivity contribution in [3.63, 3.8) is 0 Å². The van der Waals surface area contributed by atoms with Crippen LogP contribution in [0.15, 0.2) is 54.9 Å². The minimum absolute atomic E-state index is 0.00765. The summed E-state index contributed by atoms with van der Waals surface area (Å²) < 4.78 is 7.75. The first-order valence-electron chi connectivity index (χ1n) is 10.4. The zero-order valence-corrected chi connectivity index (χ0v) is 16.8. The SMILES string of the molecule is O=C(CCNC(=O)c1cccc(OCc2cn3ccccc3n2)c1)NC1CCCC1. The van der Waals surface area contributed by atoms with Crippen molar-refractivity contribution in [2.24, 2.45) is 0 Å². The Morgan fingerprint density at radius 2 is 2.00 bits per heavy atom. The summed E-state index contributed by atoms with van der Waals surface area (Å²) in [6.07, 6.45) is 8.61. The van der Waals surface area contributed by atoms with E-state index < -0.39 is 0 Å². The lowest BCUT2D eigenvalue weighted by atomic mass is 10.2. The molecule has 7 heteroatoms. The number of aromatic nitrogens is 2. The number of hydrogen-bond acceptors (Lipinski definition) is 4. The Bertz CT molecular complexity index is 991. The lowest BCUT2D eigenvalue weighted by Gasteiger charge is -2.12. The number of amides is 2. The maximum atomic E-state index is 12.4. The fraction of sp³-hybridized carbons (Fsp3) is 0.348. The van der Waals surface area contributed by atoms with Crippen molar-refractivity contribution in [1.82, 2.24) is 20.0 Å². The van der Waals surface area contributed by atoms with Crippen LogP contribution in [-0.2, 0) is 11.4 Å². The predicted octanol–water partition coefficient (Wildman–Crippen LogP) is 3.09. The molecule has 0 radical (unpaired) electrons. The van der Waals surface area contributed by atoms with Gasteiger partial charge in [0.25, 0.3) is 5.91 Å². The molecule has 7 nitrogen and oxygen atoms in total. The van der Waals surface area contributed by atoms with Gasteiger partial charge in [0, 0.05) is 37.0 Å². The van der Waals surface area contributed by atoms with Crippen LogP contribution in [0, 0.1) is 0 Å². The summed E-state index contributed by atoms with van der Waals surface area (Å²) >= 11 is 0. The quantitative estimate of drug-likeness (QED) is 0.602. The number of carbonyl (C=O) groups is 2. The van der Waals surface area contributed by atoms with Crippen LogP contribution >= 0.6 is 0 Å². The summed E-state index contributed by atoms with van der Waals surface area (Å²) in [7, 11) is 0. The molecule has 0 atom stereocenters. The molecule has 0 bridgehead atoms. The molecule has 1 aliphatic rings. The molecular formula is C23H26N4O3. The average Bonchev–Trinajstić information content (AvgIpc) is 3.41. The molecule has 2 amide bonds. The van der Waals surface area contributed by atoms with E-state index in [1.807, 2.05) is 41.1 Å². The average molecular weight is 406 g/mol. The van der Waals surface area contributed by atoms with Crippen LogP contribution in [0.4, 0.5) is 0 Å². The molecule has 2 heterocycles. The van der Waals surface area contributed by atoms with E-state index in [1.165, 1.54) is 12.8 Å². The van der Waals surface area contributed by atoms with Crippen LogP contribution in [0.5, 0.6) is 5.75 Å². The Morgan fingerprint density at radius 1 is 1.13 bits per heavy atom. The van der Waals surface area contributed by atoms with Crippen molar-refractivity contribution in [3.05, 3.63) is 66.1 Å². The Hall–Kier alpha value is -3.35. The molecule has 1 aliphatic carbocycles. The highest BCUT2D eigenvalue weighted by molar-refractivity contribution is 5.94. The van der Waals surface area contributed by atoms with Crippen molar-refractivity contribution in [2.75, 3.05) is 6.54 Å². The normalized spacial score (nSPS) is 14.0. The molecule has 3 aromatic rings. The standard InChI is InChI=1S/C23H26N4O3/c28-22(26-18-7-1-2-8-18)11-12-24-23(29)17-6-5-9-20(14-17)30-16-19-15-27-13-4-3-10-21(27)25-19/h3-6,9-10,13-15,18H,1-2,7-8,11-12,16H2,(H,24,29)(H,26,28). The van der Waals surface area contributed by atoms with E-state index in [4.69, 9.17) is 4.74 Å². The summed E-state index contributed by atoms with van der Waals surface area (Å²) in [5.41, 5.74) is 2.17. The van der Waals surface area contributed by atoms with Gasteiger partial charge in [-0.25, -0.2) is 4.98 Å². The van der Waals surface area contributed by atoms with E-state index in [0.29, 0.717) is 30.5 Å². The van der Waals surface area contributed by atoms with Crippen LogP contribution < -0.4 is 15.4 Å². The fourth-order valence-electron chi connectivity index (χ4n) is 3.70. The number of nitrogens with one attached hydrogen (secondary N) is 2. The number of imidazole rings is 1. The van der Waals surface area contributed by atoms with E-state index in [2.05, 4.69) is 15.6 Å². The molecule has 1 saturated carbocycles. The third-order valence-electron chi connectivity index (χ3n) is 5.25. The van der Waals surface area contributed by atoms with E-state index >= 15 is 0 Å². The van der Waals surface area contributed by atoms with Crippen molar-refractivity contribution >= 4 is 17.5 Å². The van der Waals surface area contributed by atoms with Crippen LogP contribution in [0.3, 0.4) is 0 Å². The molecule has 0 spiro atoms. The fourth-order valence-corrected chi connectivity index (χ4v) is 3.70. The molecule has 156 valence electrons. The second kappa shape index (κ2) is 9.43. The van der Waals surface area contributed by atoms with Gasteiger partial charge < -0.3 is 19.8 Å². The van der Waals surface area contributed by atoms with Crippen LogP contribution in [-0.4, -0.2) is 33.8 Å². The Kier molecular flexibility index (Phi) is 6.27. The largest absolute Gasteiger partial charge is 0.487 e. The Morgan fingerprint density at radius 3 is 2.83 bits per heavy atom. The molecule has 2 aromatic heterocycles. The number of ether oxygens (including phenoxy) is 1. The van der Waals surface area contributed by atoms with E-state index in [0.717, 1.165) is 24.2 Å². The molecular weight excluding hydrogens is 380 g/mol. The summed E-state index contributed by atoms with van der Waals surface area (Å²) in [6.45, 7) is 0.623. The van der Waals surface area contributed by atoms with E-state index in [-0.39, 0.29) is 18.2 Å². The summed E-state index contributed by atoms with van der Waals surface area (Å²) in [4.78, 5) is 28.9. The molecule has 0 aliphatic heterocycles. The molecule has 4 rings (SSSR count). The molecule has 1 fully saturated rings. The number of fused-ring (bicyclic) bond motifs is 1. The van der Waals surface area contributed by atoms with Crippen molar-refractivity contribution in [3.8, 4) is 5.75 Å². The van der Waals surface area contributed by atoms with Gasteiger partial charge in [-0.05, 0) is 43.2 Å². The molecule has 1 aromatic carbocycles. The number of carbonyl (C=O) groups excluding carboxylic acids is 2. The molecule has 30 heavy (non-hydrogen) atoms. The zero-order chi connectivity index (χ0) is 20.8. The van der Waals surface area contributed by atoms with Gasteiger partial charge in [0.1, 0.15) is 18.0 Å². The Labute approximate surface area is 175 Å². The highest BCUT2D eigenvalue weighted by Crippen LogP contribution is 2.18. The summed E-state index contributed by atoms with van der Waals surface area (Å²) in [5, 5.41) is 5.83. The first kappa shape index (κ1) is 19.9. The third-order valence-corrected chi connectivity index (χ3v) is 5.25. The molecule has 0 saturated heterocycles. The molecule has 2 N–H and O–H groups in total. The highest BCUT2D eigenvalue weighted by Gasteiger charge is 2.17. The lowest BCUT2D eigenvalue weighted by Crippen LogP contribution is -2.35. The predicted molar refractivity (Wildman–Crippen MR) is 113 cm³/mol. The van der Waals surface area contributed by atoms with Gasteiger partial charge in [-0.1, -0.05) is 25.0 Å². The maximum Gasteiger partial charge on any atom is 0.251 e. The number of rotatable bonds is 8. The number of pyridine rings is 1. The van der Waals surface area contributed by atoms with Crippen molar-refractivity contribution < 1.29 is 14.3 Å². The van der Waals surface area contributed by atoms with Gasteiger partial charge in [-0.3, -0.25) is 9.59 Å². The van der Waals surface area contributed by atoms with Crippen LogP contribution in [0.2, 0.25) is 0 Å². The van der Waals surface area contributed by atoms with Crippen LogP contribution in [0.1, 0.15) is 48.2 Å². The monoisotopic (exact) mass is 406 g/mol. The number of hydrogen-bond donors (Lipinski definition) is 2.